The summed E-state index contributed by atoms with van der Waals surface area (Å²) in [6.45, 7) is -0.828. The van der Waals surface area contributed by atoms with Crippen LogP contribution in [0.1, 0.15) is 28.0 Å². The number of aromatic nitrogens is 1. The fourth-order valence-corrected chi connectivity index (χ4v) is 3.18. The summed E-state index contributed by atoms with van der Waals surface area (Å²) in [4.78, 5) is 28.9. The van der Waals surface area contributed by atoms with Crippen LogP contribution in [0, 0.1) is 0 Å². The van der Waals surface area contributed by atoms with Crippen LogP contribution in [0.3, 0.4) is 0 Å². The fraction of sp³-hybridized carbons (Fsp3) is 0.444. The summed E-state index contributed by atoms with van der Waals surface area (Å²) >= 11 is 0. The zero-order valence-electron chi connectivity index (χ0n) is 14.7. The smallest absolute Gasteiger partial charge is 0.411 e. The van der Waals surface area contributed by atoms with E-state index in [-0.39, 0.29) is 18.9 Å². The summed E-state index contributed by atoms with van der Waals surface area (Å²) < 4.78 is 45.5. The van der Waals surface area contributed by atoms with Gasteiger partial charge in [-0.3, -0.25) is 4.79 Å². The molecule has 6 nitrogen and oxygen atoms in total. The number of benzene rings is 1. The quantitative estimate of drug-likeness (QED) is 0.636. The monoisotopic (exact) mass is 384 g/mol. The van der Waals surface area contributed by atoms with Gasteiger partial charge in [0, 0.05) is 41.7 Å². The molecule has 1 N–H and O–H groups in total. The molecule has 0 aliphatic carbocycles. The van der Waals surface area contributed by atoms with Crippen LogP contribution in [0.4, 0.5) is 13.2 Å². The molecule has 9 heteroatoms. The van der Waals surface area contributed by atoms with Gasteiger partial charge < -0.3 is 19.4 Å². The molecule has 0 spiro atoms. The number of H-pyrrole nitrogens is 1. The Kier molecular flexibility index (Phi) is 5.41. The van der Waals surface area contributed by atoms with E-state index in [4.69, 9.17) is 4.74 Å². The second-order valence-corrected chi connectivity index (χ2v) is 6.32. The van der Waals surface area contributed by atoms with Gasteiger partial charge in [0.15, 0.2) is 0 Å². The van der Waals surface area contributed by atoms with Gasteiger partial charge in [-0.25, -0.2) is 4.79 Å². The SMILES string of the molecule is COC(=O)c1ccc2[nH]c3c(c2c1)CN(C(=O)CCOCC(F)(F)F)CC3. The third kappa shape index (κ3) is 4.41. The third-order valence-electron chi connectivity index (χ3n) is 4.48. The molecule has 3 rings (SSSR count). The average Bonchev–Trinajstić information content (AvgIpc) is 3.00. The Morgan fingerprint density at radius 1 is 1.30 bits per heavy atom. The van der Waals surface area contributed by atoms with Crippen LogP contribution >= 0.6 is 0 Å². The number of esters is 1. The lowest BCUT2D eigenvalue weighted by molar-refractivity contribution is -0.175. The number of methoxy groups -OCH3 is 1. The lowest BCUT2D eigenvalue weighted by Crippen LogP contribution is -2.36. The topological polar surface area (TPSA) is 71.6 Å². The average molecular weight is 384 g/mol. The van der Waals surface area contributed by atoms with Crippen molar-refractivity contribution in [3.63, 3.8) is 0 Å². The van der Waals surface area contributed by atoms with Crippen molar-refractivity contribution in [2.45, 2.75) is 25.6 Å². The number of amides is 1. The zero-order valence-corrected chi connectivity index (χ0v) is 14.7. The molecule has 2 aromatic rings. The van der Waals surface area contributed by atoms with Gasteiger partial charge in [0.1, 0.15) is 6.61 Å². The highest BCUT2D eigenvalue weighted by Crippen LogP contribution is 2.29. The first-order valence-corrected chi connectivity index (χ1v) is 8.42. The van der Waals surface area contributed by atoms with Crippen molar-refractivity contribution in [3.8, 4) is 0 Å². The van der Waals surface area contributed by atoms with Crippen molar-refractivity contribution >= 4 is 22.8 Å². The van der Waals surface area contributed by atoms with Crippen LogP contribution in [0.5, 0.6) is 0 Å². The Morgan fingerprint density at radius 2 is 2.07 bits per heavy atom. The molecule has 0 bridgehead atoms. The molecule has 146 valence electrons. The van der Waals surface area contributed by atoms with Crippen LogP contribution < -0.4 is 0 Å². The van der Waals surface area contributed by atoms with E-state index < -0.39 is 18.8 Å². The number of rotatable bonds is 5. The van der Waals surface area contributed by atoms with Crippen molar-refractivity contribution in [2.24, 2.45) is 0 Å². The third-order valence-corrected chi connectivity index (χ3v) is 4.48. The van der Waals surface area contributed by atoms with Crippen LogP contribution in [0.15, 0.2) is 18.2 Å². The van der Waals surface area contributed by atoms with Gasteiger partial charge >= 0.3 is 12.1 Å². The molecule has 27 heavy (non-hydrogen) atoms. The standard InChI is InChI=1S/C18H19F3N2O4/c1-26-17(25)11-2-3-14-12(8-11)13-9-23(6-4-15(13)22-14)16(24)5-7-27-10-18(19,20)21/h2-3,8,22H,4-7,9-10H2,1H3. The molecular weight excluding hydrogens is 365 g/mol. The Balaban J connectivity index is 1.69. The van der Waals surface area contributed by atoms with Gasteiger partial charge in [-0.05, 0) is 18.2 Å². The number of nitrogens with zero attached hydrogens (tertiary/aromatic N) is 1. The Labute approximate surface area is 153 Å². The van der Waals surface area contributed by atoms with Gasteiger partial charge in [0.25, 0.3) is 0 Å². The van der Waals surface area contributed by atoms with E-state index in [1.54, 1.807) is 23.1 Å². The van der Waals surface area contributed by atoms with E-state index in [0.29, 0.717) is 25.1 Å². The minimum atomic E-state index is -4.40. The minimum absolute atomic E-state index is 0.110. The van der Waals surface area contributed by atoms with Crippen LogP contribution in [-0.2, 0) is 27.2 Å². The number of carbonyl (C=O) groups is 2. The van der Waals surface area contributed by atoms with Gasteiger partial charge in [-0.15, -0.1) is 0 Å². The molecule has 1 amide bonds. The van der Waals surface area contributed by atoms with E-state index >= 15 is 0 Å². The molecule has 0 saturated heterocycles. The summed E-state index contributed by atoms with van der Waals surface area (Å²) in [6, 6.07) is 5.17. The number of aromatic amines is 1. The molecule has 0 saturated carbocycles. The zero-order chi connectivity index (χ0) is 19.6. The summed E-state index contributed by atoms with van der Waals surface area (Å²) in [7, 11) is 1.31. The summed E-state index contributed by atoms with van der Waals surface area (Å²) in [5, 5.41) is 0.832. The van der Waals surface area contributed by atoms with Crippen LogP contribution in [0.25, 0.3) is 10.9 Å². The van der Waals surface area contributed by atoms with Crippen molar-refractivity contribution in [1.29, 1.82) is 0 Å². The van der Waals surface area contributed by atoms with Gasteiger partial charge in [-0.2, -0.15) is 13.2 Å². The number of halogens is 3. The highest BCUT2D eigenvalue weighted by atomic mass is 19.4. The number of fused-ring (bicyclic) bond motifs is 3. The van der Waals surface area contributed by atoms with Crippen molar-refractivity contribution in [3.05, 3.63) is 35.0 Å². The first-order chi connectivity index (χ1) is 12.8. The predicted octanol–water partition coefficient (Wildman–Crippen LogP) is 2.81. The second kappa shape index (κ2) is 7.59. The van der Waals surface area contributed by atoms with Gasteiger partial charge in [0.2, 0.25) is 5.91 Å². The van der Waals surface area contributed by atoms with E-state index in [0.717, 1.165) is 22.2 Å². The highest BCUT2D eigenvalue weighted by molar-refractivity contribution is 5.96. The number of alkyl halides is 3. The lowest BCUT2D eigenvalue weighted by atomic mass is 10.0. The Morgan fingerprint density at radius 3 is 2.78 bits per heavy atom. The number of hydrogen-bond acceptors (Lipinski definition) is 4. The van der Waals surface area contributed by atoms with E-state index in [1.165, 1.54) is 7.11 Å². The summed E-state index contributed by atoms with van der Waals surface area (Å²) in [5.74, 6) is -0.710. The van der Waals surface area contributed by atoms with Crippen molar-refractivity contribution in [1.82, 2.24) is 9.88 Å². The number of hydrogen-bond donors (Lipinski definition) is 1. The Hall–Kier alpha value is -2.55. The van der Waals surface area contributed by atoms with E-state index in [1.807, 2.05) is 0 Å². The van der Waals surface area contributed by atoms with E-state index in [9.17, 15) is 22.8 Å². The van der Waals surface area contributed by atoms with Crippen molar-refractivity contribution < 1.29 is 32.2 Å². The first kappa shape index (κ1) is 19.2. The predicted molar refractivity (Wildman–Crippen MR) is 90.3 cm³/mol. The lowest BCUT2D eigenvalue weighted by Gasteiger charge is -2.27. The van der Waals surface area contributed by atoms with E-state index in [2.05, 4.69) is 9.72 Å². The minimum Gasteiger partial charge on any atom is -0.465 e. The van der Waals surface area contributed by atoms with Gasteiger partial charge in [0.05, 0.1) is 25.7 Å². The molecule has 1 aliphatic rings. The molecule has 2 heterocycles. The van der Waals surface area contributed by atoms with Crippen molar-refractivity contribution in [2.75, 3.05) is 26.9 Å². The number of ether oxygens (including phenoxy) is 2. The molecule has 0 unspecified atom stereocenters. The Bertz CT molecular complexity index is 860. The molecule has 1 aromatic heterocycles. The molecule has 0 radical (unpaired) electrons. The molecule has 1 aliphatic heterocycles. The molecule has 1 aromatic carbocycles. The normalized spacial score (nSPS) is 14.3. The largest absolute Gasteiger partial charge is 0.465 e. The molecule has 0 fully saturated rings. The number of nitrogens with one attached hydrogen (secondary N) is 1. The summed E-state index contributed by atoms with van der Waals surface area (Å²) in [5.41, 5.74) is 3.17. The molecular formula is C18H19F3N2O4. The maximum Gasteiger partial charge on any atom is 0.411 e. The second-order valence-electron chi connectivity index (χ2n) is 6.32. The maximum atomic E-state index is 12.3. The van der Waals surface area contributed by atoms with Gasteiger partial charge in [-0.1, -0.05) is 0 Å². The number of carbonyl (C=O) groups excluding carboxylic acids is 2. The maximum absolute atomic E-state index is 12.3. The summed E-state index contributed by atoms with van der Waals surface area (Å²) in [6.07, 6.45) is -3.90. The van der Waals surface area contributed by atoms with Crippen LogP contribution in [-0.4, -0.2) is 54.8 Å². The first-order valence-electron chi connectivity index (χ1n) is 8.42. The fourth-order valence-electron chi connectivity index (χ4n) is 3.18. The van der Waals surface area contributed by atoms with Crippen LogP contribution in [0.2, 0.25) is 0 Å². The highest BCUT2D eigenvalue weighted by Gasteiger charge is 2.28. The molecule has 0 atom stereocenters.